The molecule has 1 aliphatic heterocycles. The Hall–Kier alpha value is -1.24. The van der Waals surface area contributed by atoms with Crippen molar-refractivity contribution in [1.82, 2.24) is 5.32 Å². The molecule has 0 radical (unpaired) electrons. The maximum absolute atomic E-state index is 12.9. The highest BCUT2D eigenvalue weighted by atomic mass is 19.4. The largest absolute Gasteiger partial charge is 0.416 e. The molecule has 1 heterocycles. The van der Waals surface area contributed by atoms with Crippen LogP contribution >= 0.6 is 0 Å². The van der Waals surface area contributed by atoms with Crippen molar-refractivity contribution in [2.24, 2.45) is 5.92 Å². The van der Waals surface area contributed by atoms with Crippen LogP contribution in [0.1, 0.15) is 49.8 Å². The van der Waals surface area contributed by atoms with Gasteiger partial charge in [-0.05, 0) is 62.3 Å². The van der Waals surface area contributed by atoms with Crippen molar-refractivity contribution < 1.29 is 26.3 Å². The standard InChI is InChI=1S/C17H21F6N/c1-3-15-8-11(4-10(2)24-15)5-12-6-13(16(18,19)20)9-14(7-12)17(21,22)23/h6-7,9-11,15,24H,3-5,8H2,1-2H3/t10-,11?,15+/m0/s1. The average Bonchev–Trinajstić information content (AvgIpc) is 2.44. The summed E-state index contributed by atoms with van der Waals surface area (Å²) in [4.78, 5) is 0. The Morgan fingerprint density at radius 2 is 1.50 bits per heavy atom. The molecule has 0 amide bonds. The van der Waals surface area contributed by atoms with Crippen molar-refractivity contribution in [1.29, 1.82) is 0 Å². The molecule has 2 rings (SSSR count). The van der Waals surface area contributed by atoms with E-state index in [1.165, 1.54) is 0 Å². The predicted octanol–water partition coefficient (Wildman–Crippen LogP) is 5.43. The van der Waals surface area contributed by atoms with Gasteiger partial charge in [-0.2, -0.15) is 26.3 Å². The van der Waals surface area contributed by atoms with Crippen molar-refractivity contribution in [2.45, 2.75) is 64.0 Å². The molecule has 7 heteroatoms. The maximum atomic E-state index is 12.9. The van der Waals surface area contributed by atoms with Crippen LogP contribution in [-0.4, -0.2) is 12.1 Å². The fourth-order valence-electron chi connectivity index (χ4n) is 3.46. The van der Waals surface area contributed by atoms with E-state index in [4.69, 9.17) is 0 Å². The zero-order valence-electron chi connectivity index (χ0n) is 13.6. The Bertz CT molecular complexity index is 531. The second kappa shape index (κ2) is 6.94. The van der Waals surface area contributed by atoms with E-state index in [1.54, 1.807) is 0 Å². The highest BCUT2D eigenvalue weighted by molar-refractivity contribution is 5.34. The number of rotatable bonds is 3. The zero-order valence-corrected chi connectivity index (χ0v) is 13.6. The summed E-state index contributed by atoms with van der Waals surface area (Å²) in [6, 6.07) is 2.35. The Balaban J connectivity index is 2.29. The second-order valence-electron chi connectivity index (χ2n) is 6.63. The maximum Gasteiger partial charge on any atom is 0.416 e. The van der Waals surface area contributed by atoms with Crippen LogP contribution < -0.4 is 5.32 Å². The topological polar surface area (TPSA) is 12.0 Å². The van der Waals surface area contributed by atoms with Crippen molar-refractivity contribution in [3.05, 3.63) is 34.9 Å². The first-order chi connectivity index (χ1) is 11.0. The smallest absolute Gasteiger partial charge is 0.311 e. The molecule has 1 aromatic rings. The number of hydrogen-bond acceptors (Lipinski definition) is 1. The van der Waals surface area contributed by atoms with Gasteiger partial charge in [0.15, 0.2) is 0 Å². The van der Waals surface area contributed by atoms with Crippen LogP contribution in [0.3, 0.4) is 0 Å². The molecule has 0 saturated carbocycles. The number of nitrogens with one attached hydrogen (secondary N) is 1. The second-order valence-corrected chi connectivity index (χ2v) is 6.63. The number of piperidine rings is 1. The van der Waals surface area contributed by atoms with Crippen LogP contribution in [0, 0.1) is 5.92 Å². The number of benzene rings is 1. The van der Waals surface area contributed by atoms with Gasteiger partial charge in [0.2, 0.25) is 0 Å². The Morgan fingerprint density at radius 3 is 1.96 bits per heavy atom. The van der Waals surface area contributed by atoms with E-state index in [1.807, 2.05) is 13.8 Å². The minimum absolute atomic E-state index is 0.0794. The van der Waals surface area contributed by atoms with E-state index in [0.29, 0.717) is 0 Å². The Morgan fingerprint density at radius 1 is 0.958 bits per heavy atom. The minimum Gasteiger partial charge on any atom is -0.311 e. The first kappa shape index (κ1) is 19.1. The molecular formula is C17H21F6N. The molecule has 1 unspecified atom stereocenters. The summed E-state index contributed by atoms with van der Waals surface area (Å²) in [6.45, 7) is 4.00. The van der Waals surface area contributed by atoms with Gasteiger partial charge in [-0.25, -0.2) is 0 Å². The lowest BCUT2D eigenvalue weighted by Gasteiger charge is -2.34. The molecule has 1 saturated heterocycles. The lowest BCUT2D eigenvalue weighted by atomic mass is 9.83. The number of hydrogen-bond donors (Lipinski definition) is 1. The van der Waals surface area contributed by atoms with Crippen molar-refractivity contribution >= 4 is 0 Å². The lowest BCUT2D eigenvalue weighted by molar-refractivity contribution is -0.143. The molecule has 0 aromatic heterocycles. The van der Waals surface area contributed by atoms with Gasteiger partial charge in [0.05, 0.1) is 11.1 Å². The monoisotopic (exact) mass is 353 g/mol. The van der Waals surface area contributed by atoms with Gasteiger partial charge in [-0.15, -0.1) is 0 Å². The number of alkyl halides is 6. The predicted molar refractivity (Wildman–Crippen MR) is 79.6 cm³/mol. The molecular weight excluding hydrogens is 332 g/mol. The summed E-state index contributed by atoms with van der Waals surface area (Å²) in [7, 11) is 0. The molecule has 1 N–H and O–H groups in total. The lowest BCUT2D eigenvalue weighted by Crippen LogP contribution is -2.44. The molecule has 136 valence electrons. The Labute approximate surface area is 137 Å². The third kappa shape index (κ3) is 4.88. The molecule has 3 atom stereocenters. The van der Waals surface area contributed by atoms with Crippen LogP contribution in [0.5, 0.6) is 0 Å². The highest BCUT2D eigenvalue weighted by Crippen LogP contribution is 2.37. The quantitative estimate of drug-likeness (QED) is 0.714. The first-order valence-corrected chi connectivity index (χ1v) is 8.03. The first-order valence-electron chi connectivity index (χ1n) is 8.03. The minimum atomic E-state index is -4.79. The van der Waals surface area contributed by atoms with Crippen LogP contribution in [0.2, 0.25) is 0 Å². The van der Waals surface area contributed by atoms with Gasteiger partial charge < -0.3 is 5.32 Å². The van der Waals surface area contributed by atoms with Crippen LogP contribution in [0.4, 0.5) is 26.3 Å². The van der Waals surface area contributed by atoms with Gasteiger partial charge in [0, 0.05) is 12.1 Å². The summed E-state index contributed by atoms with van der Waals surface area (Å²) in [5, 5.41) is 3.39. The van der Waals surface area contributed by atoms with E-state index < -0.39 is 23.5 Å². The highest BCUT2D eigenvalue weighted by Gasteiger charge is 2.37. The third-order valence-electron chi connectivity index (χ3n) is 4.49. The number of halogens is 6. The third-order valence-corrected chi connectivity index (χ3v) is 4.49. The van der Waals surface area contributed by atoms with Crippen LogP contribution in [0.15, 0.2) is 18.2 Å². The Kier molecular flexibility index (Phi) is 5.52. The van der Waals surface area contributed by atoms with Crippen LogP contribution in [0.25, 0.3) is 0 Å². The molecule has 1 nitrogen and oxygen atoms in total. The average molecular weight is 353 g/mol. The van der Waals surface area contributed by atoms with E-state index in [9.17, 15) is 26.3 Å². The van der Waals surface area contributed by atoms with Gasteiger partial charge >= 0.3 is 12.4 Å². The summed E-state index contributed by atoms with van der Waals surface area (Å²) in [5.74, 6) is 0.0794. The molecule has 1 aliphatic rings. The van der Waals surface area contributed by atoms with E-state index in [-0.39, 0.29) is 36.1 Å². The van der Waals surface area contributed by atoms with Crippen LogP contribution in [-0.2, 0) is 18.8 Å². The van der Waals surface area contributed by atoms with E-state index in [0.717, 1.165) is 31.4 Å². The van der Waals surface area contributed by atoms with Gasteiger partial charge in [-0.3, -0.25) is 0 Å². The van der Waals surface area contributed by atoms with E-state index in [2.05, 4.69) is 5.32 Å². The van der Waals surface area contributed by atoms with Gasteiger partial charge in [-0.1, -0.05) is 6.92 Å². The van der Waals surface area contributed by atoms with Gasteiger partial charge in [0.25, 0.3) is 0 Å². The normalized spacial score (nSPS) is 25.8. The van der Waals surface area contributed by atoms with Gasteiger partial charge in [0.1, 0.15) is 0 Å². The molecule has 1 fully saturated rings. The summed E-state index contributed by atoms with van der Waals surface area (Å²) in [5.41, 5.74) is -2.37. The zero-order chi connectivity index (χ0) is 18.1. The molecule has 0 spiro atoms. The fourth-order valence-corrected chi connectivity index (χ4v) is 3.46. The molecule has 0 bridgehead atoms. The van der Waals surface area contributed by atoms with Crippen molar-refractivity contribution in [2.75, 3.05) is 0 Å². The van der Waals surface area contributed by atoms with E-state index >= 15 is 0 Å². The SMILES string of the molecule is CC[C@@H]1CC(Cc2cc(C(F)(F)F)cc(C(F)(F)F)c2)C[C@H](C)N1. The molecule has 1 aromatic carbocycles. The summed E-state index contributed by atoms with van der Waals surface area (Å²) in [6.07, 6.45) is -6.95. The van der Waals surface area contributed by atoms with Crippen molar-refractivity contribution in [3.8, 4) is 0 Å². The fraction of sp³-hybridized carbons (Fsp3) is 0.647. The summed E-state index contributed by atoms with van der Waals surface area (Å²) < 4.78 is 77.5. The molecule has 0 aliphatic carbocycles. The van der Waals surface area contributed by atoms with Crippen molar-refractivity contribution in [3.63, 3.8) is 0 Å². The molecule has 24 heavy (non-hydrogen) atoms. The summed E-state index contributed by atoms with van der Waals surface area (Å²) >= 11 is 0.